The molecule has 18 heavy (non-hydrogen) atoms. The van der Waals surface area contributed by atoms with Crippen LogP contribution in [0.15, 0.2) is 34.9 Å². The molecule has 0 aliphatic carbocycles. The number of nitrogens with two attached hydrogens (primary N) is 1. The number of halogens is 2. The number of aromatic nitrogens is 2. The number of nitrogens with zero attached hydrogens (tertiary/aromatic N) is 2. The molecule has 0 bridgehead atoms. The molecule has 0 amide bonds. The lowest BCUT2D eigenvalue weighted by Gasteiger charge is -1.99. The first-order chi connectivity index (χ1) is 8.65. The smallest absolute Gasteiger partial charge is 0.220 e. The fourth-order valence-corrected chi connectivity index (χ4v) is 3.64. The van der Waals surface area contributed by atoms with E-state index < -0.39 is 0 Å². The van der Waals surface area contributed by atoms with Gasteiger partial charge in [0.2, 0.25) is 5.95 Å². The van der Waals surface area contributed by atoms with Crippen molar-refractivity contribution >= 4 is 54.9 Å². The molecule has 6 heteroatoms. The highest BCUT2D eigenvalue weighted by atomic mass is 79.9. The van der Waals surface area contributed by atoms with Gasteiger partial charge in [-0.3, -0.25) is 0 Å². The SMILES string of the molecule is Nc1ncc(Cl)c(-c2cc3cccc(Br)c3s2)n1. The van der Waals surface area contributed by atoms with Crippen LogP contribution in [-0.2, 0) is 0 Å². The van der Waals surface area contributed by atoms with Crippen LogP contribution in [0.3, 0.4) is 0 Å². The van der Waals surface area contributed by atoms with E-state index in [2.05, 4.69) is 38.0 Å². The minimum absolute atomic E-state index is 0.228. The maximum Gasteiger partial charge on any atom is 0.220 e. The van der Waals surface area contributed by atoms with Gasteiger partial charge < -0.3 is 5.73 Å². The van der Waals surface area contributed by atoms with Crippen LogP contribution < -0.4 is 5.73 Å². The third-order valence-corrected chi connectivity index (χ3v) is 4.88. The molecule has 0 saturated heterocycles. The first-order valence-corrected chi connectivity index (χ1v) is 7.10. The minimum atomic E-state index is 0.228. The Kier molecular flexibility index (Phi) is 2.97. The summed E-state index contributed by atoms with van der Waals surface area (Å²) in [6.45, 7) is 0. The molecular weight excluding hydrogens is 334 g/mol. The van der Waals surface area contributed by atoms with Crippen molar-refractivity contribution in [1.82, 2.24) is 9.97 Å². The summed E-state index contributed by atoms with van der Waals surface area (Å²) in [6, 6.07) is 8.12. The number of hydrogen-bond donors (Lipinski definition) is 1. The van der Waals surface area contributed by atoms with Gasteiger partial charge in [-0.1, -0.05) is 23.7 Å². The molecule has 90 valence electrons. The van der Waals surface area contributed by atoms with Crippen molar-refractivity contribution in [1.29, 1.82) is 0 Å². The normalized spacial score (nSPS) is 11.0. The number of anilines is 1. The van der Waals surface area contributed by atoms with Crippen molar-refractivity contribution in [2.45, 2.75) is 0 Å². The standard InChI is InChI=1S/C12H7BrClN3S/c13-7-3-1-2-6-4-9(18-11(6)7)10-8(14)5-16-12(15)17-10/h1-5H,(H2,15,16,17). The molecule has 2 N–H and O–H groups in total. The van der Waals surface area contributed by atoms with Crippen molar-refractivity contribution in [2.75, 3.05) is 5.73 Å². The zero-order valence-electron chi connectivity index (χ0n) is 9.02. The van der Waals surface area contributed by atoms with Gasteiger partial charge in [-0.2, -0.15) is 0 Å². The summed E-state index contributed by atoms with van der Waals surface area (Å²) in [5, 5.41) is 1.66. The highest BCUT2D eigenvalue weighted by Gasteiger charge is 2.11. The molecule has 3 aromatic rings. The van der Waals surface area contributed by atoms with Crippen LogP contribution in [0.2, 0.25) is 5.02 Å². The van der Waals surface area contributed by atoms with Crippen molar-refractivity contribution in [3.05, 3.63) is 40.0 Å². The third-order valence-electron chi connectivity index (χ3n) is 2.49. The van der Waals surface area contributed by atoms with Crippen LogP contribution in [0.1, 0.15) is 0 Å². The van der Waals surface area contributed by atoms with E-state index in [-0.39, 0.29) is 5.95 Å². The topological polar surface area (TPSA) is 51.8 Å². The molecule has 0 unspecified atom stereocenters. The third kappa shape index (κ3) is 1.98. The Bertz CT molecular complexity index is 741. The second-order valence-corrected chi connectivity index (χ2v) is 6.01. The molecule has 0 spiro atoms. The molecule has 0 saturated carbocycles. The summed E-state index contributed by atoms with van der Waals surface area (Å²) >= 11 is 11.3. The summed E-state index contributed by atoms with van der Waals surface area (Å²) in [7, 11) is 0. The Hall–Kier alpha value is -1.17. The van der Waals surface area contributed by atoms with E-state index in [1.165, 1.54) is 10.9 Å². The van der Waals surface area contributed by atoms with Crippen LogP contribution in [0.25, 0.3) is 20.7 Å². The quantitative estimate of drug-likeness (QED) is 0.716. The Morgan fingerprint density at radius 1 is 1.33 bits per heavy atom. The fraction of sp³-hybridized carbons (Fsp3) is 0. The van der Waals surface area contributed by atoms with Crippen LogP contribution in [0, 0.1) is 0 Å². The molecule has 0 aliphatic heterocycles. The van der Waals surface area contributed by atoms with E-state index >= 15 is 0 Å². The number of nitrogen functional groups attached to an aromatic ring is 1. The zero-order chi connectivity index (χ0) is 12.7. The average molecular weight is 341 g/mol. The van der Waals surface area contributed by atoms with Crippen LogP contribution in [0.4, 0.5) is 5.95 Å². The van der Waals surface area contributed by atoms with Crippen molar-refractivity contribution < 1.29 is 0 Å². The van der Waals surface area contributed by atoms with Gasteiger partial charge in [0.25, 0.3) is 0 Å². The molecular formula is C12H7BrClN3S. The van der Waals surface area contributed by atoms with Crippen LogP contribution in [-0.4, -0.2) is 9.97 Å². The highest BCUT2D eigenvalue weighted by Crippen LogP contribution is 2.38. The van der Waals surface area contributed by atoms with Crippen LogP contribution in [0.5, 0.6) is 0 Å². The predicted molar refractivity (Wildman–Crippen MR) is 80.0 cm³/mol. The molecule has 2 aromatic heterocycles. The number of fused-ring (bicyclic) bond motifs is 1. The van der Waals surface area contributed by atoms with Crippen molar-refractivity contribution in [2.24, 2.45) is 0 Å². The summed E-state index contributed by atoms with van der Waals surface area (Å²) in [6.07, 6.45) is 1.53. The summed E-state index contributed by atoms with van der Waals surface area (Å²) in [4.78, 5) is 9.05. The number of rotatable bonds is 1. The first kappa shape index (κ1) is 11.9. The van der Waals surface area contributed by atoms with E-state index in [1.54, 1.807) is 11.3 Å². The van der Waals surface area contributed by atoms with Gasteiger partial charge in [-0.25, -0.2) is 9.97 Å². The Labute approximate surface area is 121 Å². The molecule has 3 nitrogen and oxygen atoms in total. The number of benzene rings is 1. The monoisotopic (exact) mass is 339 g/mol. The Balaban J connectivity index is 2.26. The van der Waals surface area contributed by atoms with Gasteiger partial charge in [0.15, 0.2) is 0 Å². The van der Waals surface area contributed by atoms with Gasteiger partial charge in [-0.15, -0.1) is 11.3 Å². The maximum absolute atomic E-state index is 6.11. The first-order valence-electron chi connectivity index (χ1n) is 5.11. The molecule has 0 aliphatic rings. The predicted octanol–water partition coefficient (Wildman–Crippen LogP) is 4.36. The minimum Gasteiger partial charge on any atom is -0.368 e. The number of thiophene rings is 1. The summed E-state index contributed by atoms with van der Waals surface area (Å²) < 4.78 is 2.23. The van der Waals surface area contributed by atoms with E-state index in [0.717, 1.165) is 14.7 Å². The van der Waals surface area contributed by atoms with Crippen molar-refractivity contribution in [3.63, 3.8) is 0 Å². The fourth-order valence-electron chi connectivity index (χ4n) is 1.70. The molecule has 0 fully saturated rings. The maximum atomic E-state index is 6.11. The lowest BCUT2D eigenvalue weighted by molar-refractivity contribution is 1.19. The summed E-state index contributed by atoms with van der Waals surface area (Å²) in [5.41, 5.74) is 6.28. The van der Waals surface area contributed by atoms with Gasteiger partial charge in [0, 0.05) is 9.17 Å². The van der Waals surface area contributed by atoms with Gasteiger partial charge in [-0.05, 0) is 33.4 Å². The molecule has 0 radical (unpaired) electrons. The summed E-state index contributed by atoms with van der Waals surface area (Å²) in [5.74, 6) is 0.228. The van der Waals surface area contributed by atoms with Gasteiger partial charge >= 0.3 is 0 Å². The highest BCUT2D eigenvalue weighted by molar-refractivity contribution is 9.10. The Morgan fingerprint density at radius 3 is 2.94 bits per heavy atom. The lowest BCUT2D eigenvalue weighted by atomic mass is 10.2. The molecule has 0 atom stereocenters. The molecule has 2 heterocycles. The second-order valence-electron chi connectivity index (χ2n) is 3.69. The van der Waals surface area contributed by atoms with E-state index in [1.807, 2.05) is 12.1 Å². The van der Waals surface area contributed by atoms with E-state index in [0.29, 0.717) is 10.7 Å². The van der Waals surface area contributed by atoms with Gasteiger partial charge in [0.1, 0.15) is 5.69 Å². The lowest BCUT2D eigenvalue weighted by Crippen LogP contribution is -1.95. The number of hydrogen-bond acceptors (Lipinski definition) is 4. The Morgan fingerprint density at radius 2 is 2.17 bits per heavy atom. The van der Waals surface area contributed by atoms with Crippen LogP contribution >= 0.6 is 38.9 Å². The van der Waals surface area contributed by atoms with Gasteiger partial charge in [0.05, 0.1) is 16.1 Å². The zero-order valence-corrected chi connectivity index (χ0v) is 12.2. The molecule has 1 aromatic carbocycles. The van der Waals surface area contributed by atoms with E-state index in [9.17, 15) is 0 Å². The second kappa shape index (κ2) is 4.50. The van der Waals surface area contributed by atoms with E-state index in [4.69, 9.17) is 17.3 Å². The average Bonchev–Trinajstić information content (AvgIpc) is 2.77. The molecule has 3 rings (SSSR count). The van der Waals surface area contributed by atoms with Crippen molar-refractivity contribution in [3.8, 4) is 10.6 Å². The largest absolute Gasteiger partial charge is 0.368 e.